The van der Waals surface area contributed by atoms with Gasteiger partial charge in [0.25, 0.3) is 0 Å². The second-order valence-electron chi connectivity index (χ2n) is 15.4. The molecule has 0 radical (unpaired) electrons. The first kappa shape index (κ1) is 35.2. The van der Waals surface area contributed by atoms with E-state index in [4.69, 9.17) is 9.97 Å². The zero-order valence-electron chi connectivity index (χ0n) is 32.8. The smallest absolute Gasteiger partial charge is 0.160 e. The Bertz CT molecular complexity index is 3310. The number of aromatic nitrogens is 2. The molecule has 0 spiro atoms. The first-order chi connectivity index (χ1) is 29.7. The van der Waals surface area contributed by atoms with E-state index in [1.165, 1.54) is 49.7 Å². The number of benzene rings is 10. The molecule has 11 rings (SSSR count). The molecule has 0 bridgehead atoms. The normalized spacial score (nSPS) is 11.3. The van der Waals surface area contributed by atoms with Crippen LogP contribution in [-0.4, -0.2) is 9.97 Å². The predicted octanol–water partition coefficient (Wildman–Crippen LogP) is 15.6. The molecular weight excluding hydrogens is 725 g/mol. The maximum atomic E-state index is 5.33. The average molecular weight is 763 g/mol. The van der Waals surface area contributed by atoms with Gasteiger partial charge < -0.3 is 0 Å². The van der Waals surface area contributed by atoms with Gasteiger partial charge in [-0.15, -0.1) is 0 Å². The quantitative estimate of drug-likeness (QED) is 0.151. The minimum Gasteiger partial charge on any atom is -0.227 e. The zero-order valence-corrected chi connectivity index (χ0v) is 32.8. The Kier molecular flexibility index (Phi) is 8.87. The van der Waals surface area contributed by atoms with Crippen LogP contribution in [0.3, 0.4) is 0 Å². The van der Waals surface area contributed by atoms with Gasteiger partial charge in [0.05, 0.1) is 11.2 Å². The van der Waals surface area contributed by atoms with Gasteiger partial charge in [-0.05, 0) is 120 Å². The van der Waals surface area contributed by atoms with Gasteiger partial charge in [0.15, 0.2) is 5.82 Å². The highest BCUT2D eigenvalue weighted by Crippen LogP contribution is 2.38. The molecule has 0 fully saturated rings. The van der Waals surface area contributed by atoms with Crippen LogP contribution in [0.2, 0.25) is 0 Å². The van der Waals surface area contributed by atoms with Gasteiger partial charge in [-0.2, -0.15) is 0 Å². The van der Waals surface area contributed by atoms with Gasteiger partial charge in [-0.1, -0.05) is 182 Å². The second-order valence-corrected chi connectivity index (χ2v) is 15.4. The molecule has 1 heterocycles. The van der Waals surface area contributed by atoms with Crippen LogP contribution in [0.1, 0.15) is 0 Å². The van der Waals surface area contributed by atoms with Crippen molar-refractivity contribution in [1.29, 1.82) is 0 Å². The molecular formula is C58H38N2. The molecule has 0 aliphatic rings. The number of nitrogens with zero attached hydrogens (tertiary/aromatic N) is 2. The summed E-state index contributed by atoms with van der Waals surface area (Å²) < 4.78 is 0. The fourth-order valence-electron chi connectivity index (χ4n) is 8.53. The largest absolute Gasteiger partial charge is 0.227 e. The maximum absolute atomic E-state index is 5.33. The summed E-state index contributed by atoms with van der Waals surface area (Å²) in [4.78, 5) is 10.6. The molecule has 60 heavy (non-hydrogen) atoms. The molecule has 0 amide bonds. The van der Waals surface area contributed by atoms with E-state index in [0.717, 1.165) is 55.2 Å². The lowest BCUT2D eigenvalue weighted by Crippen LogP contribution is -1.96. The van der Waals surface area contributed by atoms with E-state index in [-0.39, 0.29) is 0 Å². The Balaban J connectivity index is 0.985. The van der Waals surface area contributed by atoms with E-state index in [1.54, 1.807) is 0 Å². The third kappa shape index (κ3) is 6.70. The minimum atomic E-state index is 0.709. The van der Waals surface area contributed by atoms with E-state index in [1.807, 2.05) is 0 Å². The van der Waals surface area contributed by atoms with Crippen LogP contribution in [0.15, 0.2) is 231 Å². The lowest BCUT2D eigenvalue weighted by atomic mass is 9.91. The molecule has 10 aromatic carbocycles. The summed E-state index contributed by atoms with van der Waals surface area (Å²) in [6.45, 7) is 0. The van der Waals surface area contributed by atoms with Gasteiger partial charge in [0, 0.05) is 21.9 Å². The number of rotatable bonds is 7. The van der Waals surface area contributed by atoms with Gasteiger partial charge in [-0.25, -0.2) is 9.97 Å². The van der Waals surface area contributed by atoms with Crippen molar-refractivity contribution in [3.05, 3.63) is 231 Å². The topological polar surface area (TPSA) is 25.8 Å². The fraction of sp³-hybridized carbons (Fsp3) is 0. The monoisotopic (exact) mass is 762 g/mol. The molecule has 280 valence electrons. The standard InChI is InChI=1S/C58H38N2/c1-3-14-39(15-4-1)51-36-52(40-16-5-2-6-17-40)38-53(37-51)48-25-12-23-46(33-48)44-21-11-22-45(32-44)47-24-13-26-50(35-47)58-59-56(49-29-28-41-18-7-8-20-43(41)34-49)55-31-30-42-19-9-10-27-54(42)57(55)60-58/h1-38H. The lowest BCUT2D eigenvalue weighted by Gasteiger charge is -2.13. The molecule has 0 aliphatic carbocycles. The molecule has 1 aromatic heterocycles. The molecule has 2 nitrogen and oxygen atoms in total. The van der Waals surface area contributed by atoms with Crippen LogP contribution in [0.4, 0.5) is 0 Å². The number of fused-ring (bicyclic) bond motifs is 4. The third-order valence-corrected chi connectivity index (χ3v) is 11.6. The van der Waals surface area contributed by atoms with E-state index < -0.39 is 0 Å². The number of hydrogen-bond acceptors (Lipinski definition) is 2. The van der Waals surface area contributed by atoms with Crippen molar-refractivity contribution in [2.75, 3.05) is 0 Å². The number of hydrogen-bond donors (Lipinski definition) is 0. The van der Waals surface area contributed by atoms with E-state index in [9.17, 15) is 0 Å². The van der Waals surface area contributed by atoms with Gasteiger partial charge in [-0.3, -0.25) is 0 Å². The SMILES string of the molecule is c1ccc(-c2cc(-c3ccccc3)cc(-c3cccc(-c4cccc(-c5cccc(-c6nc(-c7ccc8ccccc8c7)c7ccc8ccccc8c7n6)c5)c4)c3)c2)cc1. The van der Waals surface area contributed by atoms with Crippen molar-refractivity contribution < 1.29 is 0 Å². The Morgan fingerprint density at radius 1 is 0.217 bits per heavy atom. The highest BCUT2D eigenvalue weighted by Gasteiger charge is 2.16. The highest BCUT2D eigenvalue weighted by atomic mass is 14.9. The molecule has 0 N–H and O–H groups in total. The summed E-state index contributed by atoms with van der Waals surface area (Å²) in [5.41, 5.74) is 15.7. The summed E-state index contributed by atoms with van der Waals surface area (Å²) in [6.07, 6.45) is 0. The lowest BCUT2D eigenvalue weighted by molar-refractivity contribution is 1.23. The summed E-state index contributed by atoms with van der Waals surface area (Å²) in [5, 5.41) is 5.72. The van der Waals surface area contributed by atoms with Crippen molar-refractivity contribution in [2.24, 2.45) is 0 Å². The van der Waals surface area contributed by atoms with E-state index in [0.29, 0.717) is 5.82 Å². The van der Waals surface area contributed by atoms with Crippen molar-refractivity contribution in [3.8, 4) is 78.3 Å². The van der Waals surface area contributed by atoms with E-state index in [2.05, 4.69) is 231 Å². The van der Waals surface area contributed by atoms with E-state index >= 15 is 0 Å². The first-order valence-corrected chi connectivity index (χ1v) is 20.5. The highest BCUT2D eigenvalue weighted by molar-refractivity contribution is 6.10. The fourth-order valence-corrected chi connectivity index (χ4v) is 8.53. The van der Waals surface area contributed by atoms with Gasteiger partial charge in [0.1, 0.15) is 0 Å². The average Bonchev–Trinajstić information content (AvgIpc) is 3.34. The molecule has 2 heteroatoms. The molecule has 11 aromatic rings. The van der Waals surface area contributed by atoms with Crippen molar-refractivity contribution in [1.82, 2.24) is 9.97 Å². The van der Waals surface area contributed by atoms with Gasteiger partial charge in [0.2, 0.25) is 0 Å². The first-order valence-electron chi connectivity index (χ1n) is 20.5. The van der Waals surface area contributed by atoms with Crippen LogP contribution in [0.5, 0.6) is 0 Å². The molecule has 0 saturated carbocycles. The summed E-state index contributed by atoms with van der Waals surface area (Å²) in [5.74, 6) is 0.709. The predicted molar refractivity (Wildman–Crippen MR) is 253 cm³/mol. The summed E-state index contributed by atoms with van der Waals surface area (Å²) in [6, 6.07) is 82.6. The summed E-state index contributed by atoms with van der Waals surface area (Å²) >= 11 is 0. The molecule has 0 atom stereocenters. The zero-order chi connectivity index (χ0) is 39.8. The van der Waals surface area contributed by atoms with Crippen molar-refractivity contribution in [2.45, 2.75) is 0 Å². The Morgan fingerprint density at radius 3 is 1.27 bits per heavy atom. The van der Waals surface area contributed by atoms with Crippen LogP contribution in [-0.2, 0) is 0 Å². The molecule has 0 unspecified atom stereocenters. The Morgan fingerprint density at radius 2 is 0.650 bits per heavy atom. The van der Waals surface area contributed by atoms with Crippen LogP contribution in [0, 0.1) is 0 Å². The van der Waals surface area contributed by atoms with Crippen LogP contribution in [0.25, 0.3) is 111 Å². The Hall–Kier alpha value is -7.94. The van der Waals surface area contributed by atoms with Crippen LogP contribution < -0.4 is 0 Å². The molecule has 0 saturated heterocycles. The van der Waals surface area contributed by atoms with Gasteiger partial charge >= 0.3 is 0 Å². The second kappa shape index (κ2) is 15.1. The summed E-state index contributed by atoms with van der Waals surface area (Å²) in [7, 11) is 0. The van der Waals surface area contributed by atoms with Crippen molar-refractivity contribution in [3.63, 3.8) is 0 Å². The third-order valence-electron chi connectivity index (χ3n) is 11.6. The van der Waals surface area contributed by atoms with Crippen LogP contribution >= 0.6 is 0 Å². The minimum absolute atomic E-state index is 0.709. The maximum Gasteiger partial charge on any atom is 0.160 e. The molecule has 0 aliphatic heterocycles. The van der Waals surface area contributed by atoms with Crippen molar-refractivity contribution >= 4 is 32.4 Å². The Labute approximate surface area is 349 Å².